The molecule has 2 aromatic heterocycles. The third-order valence-corrected chi connectivity index (χ3v) is 5.87. The number of benzene rings is 2. The van der Waals surface area contributed by atoms with Gasteiger partial charge >= 0.3 is 0 Å². The van der Waals surface area contributed by atoms with E-state index in [0.29, 0.717) is 38.5 Å². The highest BCUT2D eigenvalue weighted by molar-refractivity contribution is 5.91. The van der Waals surface area contributed by atoms with E-state index in [1.165, 1.54) is 17.4 Å². The molecule has 4 aromatic rings. The fourth-order valence-electron chi connectivity index (χ4n) is 4.15. The molecule has 0 saturated heterocycles. The van der Waals surface area contributed by atoms with E-state index >= 15 is 0 Å². The number of nitrogens with one attached hydrogen (secondary N) is 1. The highest BCUT2D eigenvalue weighted by Crippen LogP contribution is 2.33. The maximum atomic E-state index is 12.6. The molecule has 184 valence electrons. The van der Waals surface area contributed by atoms with Crippen molar-refractivity contribution in [1.29, 1.82) is 0 Å². The first-order chi connectivity index (χ1) is 17.6. The first kappa shape index (κ1) is 23.6. The Balaban J connectivity index is 1.25. The largest absolute Gasteiger partial charge is 0.454 e. The standard InChI is InChI=1S/C28H28N4O4/c1-20-5-4-6-21(13-20)15-32(16-22-8-9-25-26(14-22)36-19-35-25)17-27-31-24(18-34-27)28(33)30-12-10-23-7-2-3-11-29-23/h2-9,11,13-14,18H,10,12,15-17,19H2,1H3,(H,30,33). The van der Waals surface area contributed by atoms with Crippen LogP contribution in [0.5, 0.6) is 11.5 Å². The number of hydrogen-bond donors (Lipinski definition) is 1. The Labute approximate surface area is 209 Å². The smallest absolute Gasteiger partial charge is 0.273 e. The van der Waals surface area contributed by atoms with Gasteiger partial charge in [-0.25, -0.2) is 4.98 Å². The normalized spacial score (nSPS) is 12.2. The molecule has 1 N–H and O–H groups in total. The van der Waals surface area contributed by atoms with Crippen molar-refractivity contribution in [3.05, 3.63) is 107 Å². The summed E-state index contributed by atoms with van der Waals surface area (Å²) in [5.74, 6) is 1.74. The van der Waals surface area contributed by atoms with Gasteiger partial charge < -0.3 is 19.2 Å². The Hall–Kier alpha value is -4.17. The molecule has 2 aromatic carbocycles. The van der Waals surface area contributed by atoms with Crippen molar-refractivity contribution in [1.82, 2.24) is 20.2 Å². The van der Waals surface area contributed by atoms with Gasteiger partial charge in [0.25, 0.3) is 5.91 Å². The predicted molar refractivity (Wildman–Crippen MR) is 133 cm³/mol. The van der Waals surface area contributed by atoms with Crippen LogP contribution in [0.25, 0.3) is 0 Å². The number of carbonyl (C=O) groups excluding carboxylic acids is 1. The summed E-state index contributed by atoms with van der Waals surface area (Å²) in [5, 5.41) is 2.88. The maximum absolute atomic E-state index is 12.6. The SMILES string of the molecule is Cc1cccc(CN(Cc2ccc3c(c2)OCO3)Cc2nc(C(=O)NCCc3ccccn3)co2)c1. The van der Waals surface area contributed by atoms with Crippen molar-refractivity contribution in [2.45, 2.75) is 33.0 Å². The second kappa shape index (κ2) is 11.0. The topological polar surface area (TPSA) is 89.7 Å². The summed E-state index contributed by atoms with van der Waals surface area (Å²) in [6.07, 6.45) is 3.81. The van der Waals surface area contributed by atoms with Crippen LogP contribution in [-0.4, -0.2) is 34.1 Å². The van der Waals surface area contributed by atoms with Crippen molar-refractivity contribution in [2.75, 3.05) is 13.3 Å². The molecule has 0 aliphatic carbocycles. The second-order valence-electron chi connectivity index (χ2n) is 8.78. The summed E-state index contributed by atoms with van der Waals surface area (Å²) in [6, 6.07) is 20.1. The van der Waals surface area contributed by atoms with Crippen molar-refractivity contribution < 1.29 is 18.7 Å². The van der Waals surface area contributed by atoms with Crippen LogP contribution in [0.3, 0.4) is 0 Å². The molecule has 1 amide bonds. The molecule has 0 bridgehead atoms. The van der Waals surface area contributed by atoms with Crippen LogP contribution < -0.4 is 14.8 Å². The van der Waals surface area contributed by atoms with Crippen LogP contribution in [0, 0.1) is 6.92 Å². The first-order valence-electron chi connectivity index (χ1n) is 11.9. The lowest BCUT2D eigenvalue weighted by Gasteiger charge is -2.21. The van der Waals surface area contributed by atoms with Crippen molar-refractivity contribution >= 4 is 5.91 Å². The van der Waals surface area contributed by atoms with Crippen LogP contribution in [0.1, 0.15) is 38.8 Å². The van der Waals surface area contributed by atoms with Gasteiger partial charge in [-0.15, -0.1) is 0 Å². The van der Waals surface area contributed by atoms with Gasteiger partial charge in [0, 0.05) is 37.9 Å². The number of hydrogen-bond acceptors (Lipinski definition) is 7. The molecule has 0 spiro atoms. The third-order valence-electron chi connectivity index (χ3n) is 5.87. The van der Waals surface area contributed by atoms with Gasteiger partial charge in [-0.05, 0) is 42.3 Å². The van der Waals surface area contributed by atoms with Crippen LogP contribution in [0.15, 0.2) is 77.5 Å². The molecule has 0 saturated carbocycles. The summed E-state index contributed by atoms with van der Waals surface area (Å²) in [5.41, 5.74) is 4.68. The highest BCUT2D eigenvalue weighted by atomic mass is 16.7. The van der Waals surface area contributed by atoms with Crippen LogP contribution >= 0.6 is 0 Å². The molecule has 36 heavy (non-hydrogen) atoms. The summed E-state index contributed by atoms with van der Waals surface area (Å²) in [4.78, 5) is 23.5. The van der Waals surface area contributed by atoms with Gasteiger partial charge in [-0.1, -0.05) is 42.0 Å². The minimum atomic E-state index is -0.262. The Morgan fingerprint density at radius 3 is 2.67 bits per heavy atom. The Morgan fingerprint density at radius 2 is 1.83 bits per heavy atom. The number of carbonyl (C=O) groups is 1. The van der Waals surface area contributed by atoms with Gasteiger partial charge in [-0.3, -0.25) is 14.7 Å². The molecule has 8 nitrogen and oxygen atoms in total. The summed E-state index contributed by atoms with van der Waals surface area (Å²) < 4.78 is 16.7. The summed E-state index contributed by atoms with van der Waals surface area (Å²) >= 11 is 0. The van der Waals surface area contributed by atoms with E-state index in [2.05, 4.69) is 51.4 Å². The zero-order valence-electron chi connectivity index (χ0n) is 20.1. The molecule has 1 aliphatic rings. The molecule has 1 aliphatic heterocycles. The Kier molecular flexibility index (Phi) is 7.23. The minimum Gasteiger partial charge on any atom is -0.454 e. The number of ether oxygens (including phenoxy) is 2. The molecule has 3 heterocycles. The molecule has 5 rings (SSSR count). The first-order valence-corrected chi connectivity index (χ1v) is 11.9. The monoisotopic (exact) mass is 484 g/mol. The number of nitrogens with zero attached hydrogens (tertiary/aromatic N) is 3. The zero-order chi connectivity index (χ0) is 24.7. The summed E-state index contributed by atoms with van der Waals surface area (Å²) in [6.45, 7) is 4.60. The average molecular weight is 485 g/mol. The molecule has 8 heteroatoms. The highest BCUT2D eigenvalue weighted by Gasteiger charge is 2.18. The lowest BCUT2D eigenvalue weighted by Crippen LogP contribution is -2.26. The van der Waals surface area contributed by atoms with Gasteiger partial charge in [0.1, 0.15) is 6.26 Å². The van der Waals surface area contributed by atoms with Gasteiger partial charge in [-0.2, -0.15) is 0 Å². The number of oxazole rings is 1. The Bertz CT molecular complexity index is 1320. The third kappa shape index (κ3) is 6.09. The lowest BCUT2D eigenvalue weighted by atomic mass is 10.1. The molecule has 0 atom stereocenters. The van der Waals surface area contributed by atoms with Gasteiger partial charge in [0.2, 0.25) is 12.7 Å². The number of amides is 1. The Morgan fingerprint density at radius 1 is 0.972 bits per heavy atom. The number of aryl methyl sites for hydroxylation is 1. The number of rotatable bonds is 10. The van der Waals surface area contributed by atoms with E-state index in [1.54, 1.807) is 6.20 Å². The maximum Gasteiger partial charge on any atom is 0.273 e. The van der Waals surface area contributed by atoms with E-state index in [4.69, 9.17) is 13.9 Å². The van der Waals surface area contributed by atoms with Gasteiger partial charge in [0.15, 0.2) is 17.2 Å². The zero-order valence-corrected chi connectivity index (χ0v) is 20.1. The second-order valence-corrected chi connectivity index (χ2v) is 8.78. The average Bonchev–Trinajstić information content (AvgIpc) is 3.54. The molecular weight excluding hydrogens is 456 g/mol. The molecule has 0 fully saturated rings. The van der Waals surface area contributed by atoms with E-state index in [1.807, 2.05) is 36.4 Å². The molecular formula is C28H28N4O4. The number of fused-ring (bicyclic) bond motifs is 1. The number of pyridine rings is 1. The minimum absolute atomic E-state index is 0.245. The van der Waals surface area contributed by atoms with Crippen LogP contribution in [-0.2, 0) is 26.1 Å². The number of aromatic nitrogens is 2. The predicted octanol–water partition coefficient (Wildman–Crippen LogP) is 4.28. The van der Waals surface area contributed by atoms with Crippen molar-refractivity contribution in [2.24, 2.45) is 0 Å². The van der Waals surface area contributed by atoms with E-state index in [9.17, 15) is 4.79 Å². The lowest BCUT2D eigenvalue weighted by molar-refractivity contribution is 0.0949. The van der Waals surface area contributed by atoms with E-state index in [-0.39, 0.29) is 18.4 Å². The molecule has 0 unspecified atom stereocenters. The van der Waals surface area contributed by atoms with E-state index < -0.39 is 0 Å². The summed E-state index contributed by atoms with van der Waals surface area (Å²) in [7, 11) is 0. The van der Waals surface area contributed by atoms with Crippen molar-refractivity contribution in [3.63, 3.8) is 0 Å². The molecule has 0 radical (unpaired) electrons. The van der Waals surface area contributed by atoms with Crippen LogP contribution in [0.2, 0.25) is 0 Å². The van der Waals surface area contributed by atoms with Gasteiger partial charge in [0.05, 0.1) is 6.54 Å². The fraction of sp³-hybridized carbons (Fsp3) is 0.250. The fourth-order valence-corrected chi connectivity index (χ4v) is 4.15. The quantitative estimate of drug-likeness (QED) is 0.359. The van der Waals surface area contributed by atoms with Crippen LogP contribution in [0.4, 0.5) is 0 Å². The van der Waals surface area contributed by atoms with E-state index in [0.717, 1.165) is 22.8 Å². The van der Waals surface area contributed by atoms with Crippen molar-refractivity contribution in [3.8, 4) is 11.5 Å².